The van der Waals surface area contributed by atoms with Crippen molar-refractivity contribution in [1.29, 1.82) is 0 Å². The number of benzene rings is 3. The topological polar surface area (TPSA) is 49.3 Å². The maximum atomic E-state index is 12.5. The van der Waals surface area contributed by atoms with Gasteiger partial charge in [0, 0.05) is 0 Å². The molecule has 0 bridgehead atoms. The Morgan fingerprint density at radius 3 is 2.04 bits per heavy atom. The zero-order chi connectivity index (χ0) is 19.4. The lowest BCUT2D eigenvalue weighted by atomic mass is 9.88. The van der Waals surface area contributed by atoms with Gasteiger partial charge in [-0.05, 0) is 41.0 Å². The van der Waals surface area contributed by atoms with Gasteiger partial charge in [-0.2, -0.15) is 0 Å². The van der Waals surface area contributed by atoms with Crippen LogP contribution in [0.3, 0.4) is 0 Å². The Bertz CT molecular complexity index is 918. The Morgan fingerprint density at radius 1 is 0.857 bits per heavy atom. The van der Waals surface area contributed by atoms with Crippen molar-refractivity contribution in [3.63, 3.8) is 0 Å². The molecule has 0 saturated heterocycles. The zero-order valence-electron chi connectivity index (χ0n) is 15.8. The van der Waals surface area contributed by atoms with Crippen LogP contribution in [0.2, 0.25) is 0 Å². The molecule has 28 heavy (non-hydrogen) atoms. The molecule has 1 amide bonds. The molecule has 1 unspecified atom stereocenters. The maximum Gasteiger partial charge on any atom is 0.224 e. The number of aliphatic hydroxyl groups is 1. The summed E-state index contributed by atoms with van der Waals surface area (Å²) in [5.41, 5.74) is 3.17. The first-order valence-corrected chi connectivity index (χ1v) is 9.84. The molecule has 4 rings (SSSR count). The van der Waals surface area contributed by atoms with E-state index in [9.17, 15) is 9.90 Å². The first-order valence-electron chi connectivity index (χ1n) is 9.84. The molecule has 3 aromatic rings. The van der Waals surface area contributed by atoms with Crippen LogP contribution in [-0.4, -0.2) is 17.6 Å². The predicted molar refractivity (Wildman–Crippen MR) is 112 cm³/mol. The third-order valence-corrected chi connectivity index (χ3v) is 5.51. The van der Waals surface area contributed by atoms with Crippen molar-refractivity contribution in [2.75, 3.05) is 6.54 Å². The molecule has 0 aromatic heterocycles. The quantitative estimate of drug-likeness (QED) is 0.650. The number of hydrogen-bond donors (Lipinski definition) is 2. The fourth-order valence-corrected chi connectivity index (χ4v) is 3.70. The Balaban J connectivity index is 1.38. The van der Waals surface area contributed by atoms with Crippen LogP contribution in [0.5, 0.6) is 0 Å². The average Bonchev–Trinajstić information content (AvgIpc) is 3.60. The standard InChI is InChI=1S/C25H25NO2/c27-24(17-19-11-13-21(14-12-19)20-7-3-1-4-8-20)26-18-25(28,23-15-16-23)22-9-5-2-6-10-22/h1-14,23,28H,15-18H2,(H,26,27). The van der Waals surface area contributed by atoms with Crippen LogP contribution in [0, 0.1) is 5.92 Å². The van der Waals surface area contributed by atoms with Crippen molar-refractivity contribution in [3.8, 4) is 11.1 Å². The highest BCUT2D eigenvalue weighted by molar-refractivity contribution is 5.79. The maximum absolute atomic E-state index is 12.5. The second kappa shape index (κ2) is 7.99. The second-order valence-electron chi connectivity index (χ2n) is 7.58. The highest BCUT2D eigenvalue weighted by Gasteiger charge is 2.45. The minimum atomic E-state index is -0.978. The molecular weight excluding hydrogens is 346 g/mol. The molecule has 0 spiro atoms. The van der Waals surface area contributed by atoms with Crippen LogP contribution < -0.4 is 5.32 Å². The molecule has 1 aliphatic rings. The summed E-state index contributed by atoms with van der Waals surface area (Å²) >= 11 is 0. The highest BCUT2D eigenvalue weighted by Crippen LogP contribution is 2.45. The number of rotatable bonds is 7. The third-order valence-electron chi connectivity index (χ3n) is 5.51. The number of carbonyl (C=O) groups is 1. The van der Waals surface area contributed by atoms with Crippen LogP contribution in [0.4, 0.5) is 0 Å². The van der Waals surface area contributed by atoms with E-state index in [0.29, 0.717) is 6.42 Å². The summed E-state index contributed by atoms with van der Waals surface area (Å²) in [6.07, 6.45) is 2.31. The summed E-state index contributed by atoms with van der Waals surface area (Å²) in [7, 11) is 0. The lowest BCUT2D eigenvalue weighted by molar-refractivity contribution is -0.122. The lowest BCUT2D eigenvalue weighted by Gasteiger charge is -2.29. The van der Waals surface area contributed by atoms with E-state index in [1.165, 1.54) is 0 Å². The van der Waals surface area contributed by atoms with Crippen LogP contribution in [0.1, 0.15) is 24.0 Å². The van der Waals surface area contributed by atoms with Crippen LogP contribution >= 0.6 is 0 Å². The van der Waals surface area contributed by atoms with Gasteiger partial charge < -0.3 is 10.4 Å². The second-order valence-corrected chi connectivity index (χ2v) is 7.58. The molecule has 0 heterocycles. The van der Waals surface area contributed by atoms with Crippen molar-refractivity contribution in [2.24, 2.45) is 5.92 Å². The molecule has 3 nitrogen and oxygen atoms in total. The third kappa shape index (κ3) is 4.15. The predicted octanol–water partition coefficient (Wildman–Crippen LogP) is 4.31. The molecular formula is C25H25NO2. The fraction of sp³-hybridized carbons (Fsp3) is 0.240. The van der Waals surface area contributed by atoms with Crippen LogP contribution in [0.15, 0.2) is 84.9 Å². The fourth-order valence-electron chi connectivity index (χ4n) is 3.70. The van der Waals surface area contributed by atoms with Gasteiger partial charge in [0.15, 0.2) is 0 Å². The van der Waals surface area contributed by atoms with Gasteiger partial charge in [-0.1, -0.05) is 84.9 Å². The van der Waals surface area contributed by atoms with E-state index >= 15 is 0 Å². The molecule has 1 aliphatic carbocycles. The highest BCUT2D eigenvalue weighted by atomic mass is 16.3. The number of nitrogens with one attached hydrogen (secondary N) is 1. The Labute approximate surface area is 166 Å². The van der Waals surface area contributed by atoms with E-state index in [1.54, 1.807) is 0 Å². The van der Waals surface area contributed by atoms with Gasteiger partial charge in [0.25, 0.3) is 0 Å². The van der Waals surface area contributed by atoms with E-state index in [2.05, 4.69) is 17.4 Å². The molecule has 142 valence electrons. The first kappa shape index (κ1) is 18.5. The van der Waals surface area contributed by atoms with E-state index in [-0.39, 0.29) is 18.4 Å². The molecule has 1 atom stereocenters. The first-order chi connectivity index (χ1) is 13.6. The van der Waals surface area contributed by atoms with Gasteiger partial charge in [0.1, 0.15) is 5.60 Å². The van der Waals surface area contributed by atoms with Gasteiger partial charge in [0.2, 0.25) is 5.91 Å². The molecule has 3 heteroatoms. The normalized spacial score (nSPS) is 15.6. The van der Waals surface area contributed by atoms with E-state index in [4.69, 9.17) is 0 Å². The molecule has 1 saturated carbocycles. The van der Waals surface area contributed by atoms with E-state index in [0.717, 1.165) is 35.1 Å². The smallest absolute Gasteiger partial charge is 0.224 e. The summed E-state index contributed by atoms with van der Waals surface area (Å²) in [6.45, 7) is 0.253. The number of amides is 1. The molecule has 0 radical (unpaired) electrons. The van der Waals surface area contributed by atoms with Gasteiger partial charge in [-0.25, -0.2) is 0 Å². The van der Waals surface area contributed by atoms with Crippen molar-refractivity contribution in [1.82, 2.24) is 5.32 Å². The van der Waals surface area contributed by atoms with Crippen molar-refractivity contribution in [2.45, 2.75) is 24.9 Å². The SMILES string of the molecule is O=C(Cc1ccc(-c2ccccc2)cc1)NCC(O)(c1ccccc1)C1CC1. The lowest BCUT2D eigenvalue weighted by Crippen LogP contribution is -2.43. The van der Waals surface area contributed by atoms with E-state index < -0.39 is 5.60 Å². The van der Waals surface area contributed by atoms with Crippen molar-refractivity contribution < 1.29 is 9.90 Å². The van der Waals surface area contributed by atoms with Crippen LogP contribution in [-0.2, 0) is 16.8 Å². The van der Waals surface area contributed by atoms with Gasteiger partial charge in [0.05, 0.1) is 13.0 Å². The van der Waals surface area contributed by atoms with Crippen molar-refractivity contribution in [3.05, 3.63) is 96.1 Å². The summed E-state index contributed by atoms with van der Waals surface area (Å²) in [6, 6.07) is 27.9. The zero-order valence-corrected chi connectivity index (χ0v) is 15.8. The molecule has 3 aromatic carbocycles. The van der Waals surface area contributed by atoms with Gasteiger partial charge in [-0.3, -0.25) is 4.79 Å². The van der Waals surface area contributed by atoms with Gasteiger partial charge in [-0.15, -0.1) is 0 Å². The van der Waals surface area contributed by atoms with Crippen LogP contribution in [0.25, 0.3) is 11.1 Å². The van der Waals surface area contributed by atoms with Crippen molar-refractivity contribution >= 4 is 5.91 Å². The Hall–Kier alpha value is -2.91. The summed E-state index contributed by atoms with van der Waals surface area (Å²) in [5.74, 6) is 0.155. The molecule has 1 fully saturated rings. The number of carbonyl (C=O) groups excluding carboxylic acids is 1. The average molecular weight is 371 g/mol. The molecule has 0 aliphatic heterocycles. The van der Waals surface area contributed by atoms with Gasteiger partial charge >= 0.3 is 0 Å². The largest absolute Gasteiger partial charge is 0.383 e. The summed E-state index contributed by atoms with van der Waals surface area (Å²) in [5, 5.41) is 14.1. The minimum absolute atomic E-state index is 0.0672. The Morgan fingerprint density at radius 2 is 1.43 bits per heavy atom. The summed E-state index contributed by atoms with van der Waals surface area (Å²) < 4.78 is 0. The number of hydrogen-bond acceptors (Lipinski definition) is 2. The molecule has 2 N–H and O–H groups in total. The summed E-state index contributed by atoms with van der Waals surface area (Å²) in [4.78, 5) is 12.5. The Kier molecular flexibility index (Phi) is 5.27. The minimum Gasteiger partial charge on any atom is -0.383 e. The monoisotopic (exact) mass is 371 g/mol. The van der Waals surface area contributed by atoms with E-state index in [1.807, 2.05) is 72.8 Å².